The van der Waals surface area contributed by atoms with Gasteiger partial charge >= 0.3 is 0 Å². The second kappa shape index (κ2) is 5.82. The van der Waals surface area contributed by atoms with Crippen molar-refractivity contribution in [1.82, 2.24) is 4.98 Å². The molecule has 1 aliphatic heterocycles. The van der Waals surface area contributed by atoms with E-state index in [1.54, 1.807) is 12.3 Å². The van der Waals surface area contributed by atoms with E-state index in [-0.39, 0.29) is 23.8 Å². The van der Waals surface area contributed by atoms with Gasteiger partial charge in [-0.2, -0.15) is 0 Å². The topological polar surface area (TPSA) is 51.6 Å². The molecule has 2 fully saturated rings. The van der Waals surface area contributed by atoms with Crippen LogP contribution >= 0.6 is 0 Å². The van der Waals surface area contributed by atoms with Crippen molar-refractivity contribution in [3.63, 3.8) is 0 Å². The van der Waals surface area contributed by atoms with Crippen LogP contribution in [0.1, 0.15) is 42.7 Å². The van der Waals surface area contributed by atoms with Crippen LogP contribution in [0.3, 0.4) is 0 Å². The Kier molecular flexibility index (Phi) is 3.79. The Morgan fingerprint density at radius 2 is 1.96 bits per heavy atom. The number of nitrogens with zero attached hydrogens (tertiary/aromatic N) is 1. The van der Waals surface area contributed by atoms with E-state index in [2.05, 4.69) is 4.98 Å². The van der Waals surface area contributed by atoms with E-state index in [0.717, 1.165) is 42.1 Å². The Morgan fingerprint density at radius 3 is 2.65 bits per heavy atom. The normalized spacial score (nSPS) is 21.3. The minimum atomic E-state index is -0.380. The Hall–Kier alpha value is -1.56. The van der Waals surface area contributed by atoms with Crippen LogP contribution in [0.25, 0.3) is 10.9 Å². The summed E-state index contributed by atoms with van der Waals surface area (Å²) in [6, 6.07) is 5.14. The number of rotatable bonds is 2. The molecule has 0 unspecified atom stereocenters. The van der Waals surface area contributed by atoms with Crippen LogP contribution in [0.2, 0.25) is 0 Å². The summed E-state index contributed by atoms with van der Waals surface area (Å²) >= 11 is 0. The van der Waals surface area contributed by atoms with Gasteiger partial charge in [0.05, 0.1) is 25.3 Å². The number of fused-ring (bicyclic) bond motifs is 1. The first-order chi connectivity index (χ1) is 11.2. The number of halogens is 1. The van der Waals surface area contributed by atoms with Gasteiger partial charge in [-0.05, 0) is 42.5 Å². The van der Waals surface area contributed by atoms with Gasteiger partial charge in [0.1, 0.15) is 5.82 Å². The Balaban J connectivity index is 1.65. The van der Waals surface area contributed by atoms with E-state index in [1.165, 1.54) is 6.07 Å². The maximum Gasteiger partial charge on any atom is 0.168 e. The molecule has 4 nitrogen and oxygen atoms in total. The van der Waals surface area contributed by atoms with Crippen molar-refractivity contribution in [3.05, 3.63) is 41.3 Å². The smallest absolute Gasteiger partial charge is 0.168 e. The zero-order valence-electron chi connectivity index (χ0n) is 12.9. The molecule has 1 saturated carbocycles. The zero-order chi connectivity index (χ0) is 15.9. The minimum absolute atomic E-state index is 0.289. The second-order valence-corrected chi connectivity index (χ2v) is 6.40. The molecule has 1 saturated heterocycles. The van der Waals surface area contributed by atoms with E-state index in [0.29, 0.717) is 19.1 Å². The molecule has 0 amide bonds. The predicted octanol–water partition coefficient (Wildman–Crippen LogP) is 3.27. The lowest BCUT2D eigenvalue weighted by molar-refractivity contribution is -0.178. The number of aliphatic hydroxyl groups excluding tert-OH is 1. The first kappa shape index (κ1) is 15.0. The van der Waals surface area contributed by atoms with Gasteiger partial charge < -0.3 is 14.6 Å². The summed E-state index contributed by atoms with van der Waals surface area (Å²) < 4.78 is 25.6. The highest BCUT2D eigenvalue weighted by Crippen LogP contribution is 2.43. The molecule has 1 N–H and O–H groups in total. The fraction of sp³-hybridized carbons (Fsp3) is 0.500. The number of ether oxygens (including phenoxy) is 2. The van der Waals surface area contributed by atoms with Gasteiger partial charge in [-0.1, -0.05) is 0 Å². The molecular weight excluding hydrogens is 297 g/mol. The van der Waals surface area contributed by atoms with E-state index >= 15 is 0 Å². The van der Waals surface area contributed by atoms with Gasteiger partial charge in [0.2, 0.25) is 0 Å². The Bertz CT molecular complexity index is 718. The number of benzene rings is 1. The molecule has 0 radical (unpaired) electrons. The number of pyridine rings is 1. The van der Waals surface area contributed by atoms with Gasteiger partial charge in [0.15, 0.2) is 5.79 Å². The summed E-state index contributed by atoms with van der Waals surface area (Å²) in [6.07, 6.45) is 5.44. The summed E-state index contributed by atoms with van der Waals surface area (Å²) in [7, 11) is 0. The second-order valence-electron chi connectivity index (χ2n) is 6.40. The van der Waals surface area contributed by atoms with Crippen molar-refractivity contribution < 1.29 is 19.0 Å². The van der Waals surface area contributed by atoms with Gasteiger partial charge in [-0.15, -0.1) is 0 Å². The summed E-state index contributed by atoms with van der Waals surface area (Å²) in [5, 5.41) is 10.1. The highest BCUT2D eigenvalue weighted by atomic mass is 19.1. The predicted molar refractivity (Wildman–Crippen MR) is 83.5 cm³/mol. The third-order valence-corrected chi connectivity index (χ3v) is 5.11. The molecule has 0 atom stereocenters. The summed E-state index contributed by atoms with van der Waals surface area (Å²) in [5.74, 6) is -0.392. The lowest BCUT2D eigenvalue weighted by Gasteiger charge is -2.35. The van der Waals surface area contributed by atoms with Gasteiger partial charge in [-0.3, -0.25) is 4.98 Å². The lowest BCUT2D eigenvalue weighted by Crippen LogP contribution is -2.34. The third kappa shape index (κ3) is 2.63. The van der Waals surface area contributed by atoms with E-state index < -0.39 is 0 Å². The van der Waals surface area contributed by atoms with Crippen molar-refractivity contribution >= 4 is 10.9 Å². The lowest BCUT2D eigenvalue weighted by atomic mass is 9.80. The van der Waals surface area contributed by atoms with Crippen molar-refractivity contribution in [3.8, 4) is 0 Å². The third-order valence-electron chi connectivity index (χ3n) is 5.11. The molecule has 0 bridgehead atoms. The van der Waals surface area contributed by atoms with Crippen molar-refractivity contribution in [1.29, 1.82) is 0 Å². The van der Waals surface area contributed by atoms with Crippen LogP contribution in [0.5, 0.6) is 0 Å². The van der Waals surface area contributed by atoms with Crippen molar-refractivity contribution in [2.45, 2.75) is 44.0 Å². The van der Waals surface area contributed by atoms with E-state index in [1.807, 2.05) is 6.07 Å². The highest BCUT2D eigenvalue weighted by Gasteiger charge is 2.40. The molecule has 23 heavy (non-hydrogen) atoms. The fourth-order valence-corrected chi connectivity index (χ4v) is 3.86. The average molecular weight is 317 g/mol. The largest absolute Gasteiger partial charge is 0.392 e. The molecule has 5 heteroatoms. The van der Waals surface area contributed by atoms with Crippen LogP contribution in [-0.4, -0.2) is 29.1 Å². The first-order valence-electron chi connectivity index (χ1n) is 8.17. The highest BCUT2D eigenvalue weighted by molar-refractivity contribution is 5.83. The Morgan fingerprint density at radius 1 is 1.22 bits per heavy atom. The van der Waals surface area contributed by atoms with E-state index in [9.17, 15) is 9.50 Å². The minimum Gasteiger partial charge on any atom is -0.392 e. The maximum atomic E-state index is 14.1. The van der Waals surface area contributed by atoms with Gasteiger partial charge in [0.25, 0.3) is 0 Å². The summed E-state index contributed by atoms with van der Waals surface area (Å²) in [4.78, 5) is 4.33. The van der Waals surface area contributed by atoms with Gasteiger partial charge in [-0.25, -0.2) is 4.39 Å². The van der Waals surface area contributed by atoms with Crippen LogP contribution in [-0.2, 0) is 16.1 Å². The summed E-state index contributed by atoms with van der Waals surface area (Å²) in [5.41, 5.74) is 2.16. The standard InChI is InChI=1S/C18H20FNO3/c19-16-10-15-14(3-6-20-17(15)9-13(16)11-21)12-1-4-18(5-2-12)22-7-8-23-18/h3,6,9-10,12,21H,1-2,4-5,7-8,11H2. The number of hydrogen-bond donors (Lipinski definition) is 1. The van der Waals surface area contributed by atoms with Crippen molar-refractivity contribution in [2.24, 2.45) is 0 Å². The molecule has 1 aromatic carbocycles. The molecule has 1 spiro atoms. The van der Waals surface area contributed by atoms with Gasteiger partial charge in [0, 0.05) is 30.0 Å². The van der Waals surface area contributed by atoms with Crippen LogP contribution < -0.4 is 0 Å². The molecular formula is C18H20FNO3. The SMILES string of the molecule is OCc1cc2nccc(C3CCC4(CC3)OCCO4)c2cc1F. The average Bonchev–Trinajstić information content (AvgIpc) is 3.03. The molecule has 1 aromatic heterocycles. The quantitative estimate of drug-likeness (QED) is 0.923. The number of hydrogen-bond acceptors (Lipinski definition) is 4. The molecule has 1 aliphatic carbocycles. The molecule has 2 aromatic rings. The van der Waals surface area contributed by atoms with Crippen LogP contribution in [0.4, 0.5) is 4.39 Å². The molecule has 2 heterocycles. The van der Waals surface area contributed by atoms with E-state index in [4.69, 9.17) is 9.47 Å². The van der Waals surface area contributed by atoms with Crippen molar-refractivity contribution in [2.75, 3.05) is 13.2 Å². The van der Waals surface area contributed by atoms with Crippen LogP contribution in [0.15, 0.2) is 24.4 Å². The Labute approximate surface area is 134 Å². The van der Waals surface area contributed by atoms with Crippen LogP contribution in [0, 0.1) is 5.82 Å². The first-order valence-corrected chi connectivity index (χ1v) is 8.17. The fourth-order valence-electron chi connectivity index (χ4n) is 3.86. The number of aromatic nitrogens is 1. The summed E-state index contributed by atoms with van der Waals surface area (Å²) in [6.45, 7) is 1.05. The monoisotopic (exact) mass is 317 g/mol. The molecule has 4 rings (SSSR count). The zero-order valence-corrected chi connectivity index (χ0v) is 12.9. The molecule has 122 valence electrons. The molecule has 2 aliphatic rings. The number of aliphatic hydroxyl groups is 1. The maximum absolute atomic E-state index is 14.1.